The maximum Gasteiger partial charge on any atom is 0.338 e. The predicted molar refractivity (Wildman–Crippen MR) is 97.1 cm³/mol. The van der Waals surface area contributed by atoms with E-state index in [1.807, 2.05) is 12.3 Å². The Morgan fingerprint density at radius 2 is 1.86 bits per heavy atom. The highest BCUT2D eigenvalue weighted by Gasteiger charge is 2.20. The zero-order valence-electron chi connectivity index (χ0n) is 14.8. The fourth-order valence-electron chi connectivity index (χ4n) is 2.56. The number of carbonyl (C=O) groups excluding carboxylic acids is 1. The molecule has 0 aliphatic heterocycles. The van der Waals surface area contributed by atoms with Crippen LogP contribution in [0.25, 0.3) is 17.1 Å². The van der Waals surface area contributed by atoms with E-state index in [0.717, 1.165) is 5.69 Å². The average molecular weight is 378 g/mol. The van der Waals surface area contributed by atoms with Crippen LogP contribution in [0.1, 0.15) is 29.3 Å². The quantitative estimate of drug-likeness (QED) is 0.489. The Balaban J connectivity index is 1.44. The molecule has 4 rings (SSSR count). The highest BCUT2D eigenvalue weighted by Crippen LogP contribution is 2.23. The summed E-state index contributed by atoms with van der Waals surface area (Å²) in [6.45, 7) is 1.64. The number of hydrogen-bond acceptors (Lipinski definition) is 6. The number of ether oxygens (including phenoxy) is 1. The Kier molecular flexibility index (Phi) is 4.67. The van der Waals surface area contributed by atoms with Gasteiger partial charge in [0.2, 0.25) is 5.89 Å². The second-order valence-corrected chi connectivity index (χ2v) is 6.00. The van der Waals surface area contributed by atoms with Gasteiger partial charge in [-0.2, -0.15) is 5.10 Å². The van der Waals surface area contributed by atoms with Gasteiger partial charge in [-0.3, -0.25) is 0 Å². The summed E-state index contributed by atoms with van der Waals surface area (Å²) in [6.07, 6.45) is 2.75. The molecule has 140 valence electrons. The number of halogens is 1. The molecule has 0 saturated carbocycles. The van der Waals surface area contributed by atoms with Crippen LogP contribution in [-0.2, 0) is 4.74 Å². The molecule has 0 fully saturated rings. The van der Waals surface area contributed by atoms with Crippen molar-refractivity contribution in [3.8, 4) is 17.1 Å². The van der Waals surface area contributed by atoms with Crippen LogP contribution in [0.2, 0.25) is 0 Å². The van der Waals surface area contributed by atoms with Crippen molar-refractivity contribution in [3.63, 3.8) is 0 Å². The van der Waals surface area contributed by atoms with E-state index < -0.39 is 12.1 Å². The summed E-state index contributed by atoms with van der Waals surface area (Å²) >= 11 is 0. The summed E-state index contributed by atoms with van der Waals surface area (Å²) in [7, 11) is 0. The lowest BCUT2D eigenvalue weighted by atomic mass is 10.2. The Morgan fingerprint density at radius 1 is 1.11 bits per heavy atom. The van der Waals surface area contributed by atoms with E-state index in [1.165, 1.54) is 24.3 Å². The van der Waals surface area contributed by atoms with E-state index in [1.54, 1.807) is 42.1 Å². The van der Waals surface area contributed by atoms with Crippen molar-refractivity contribution in [2.45, 2.75) is 13.0 Å². The SMILES string of the molecule is C[C@H](OC(=O)c1ccc(-n2cccn2)cc1)c1nnc(-c2ccc(F)cc2)o1. The van der Waals surface area contributed by atoms with Gasteiger partial charge in [0.15, 0.2) is 6.10 Å². The van der Waals surface area contributed by atoms with E-state index in [0.29, 0.717) is 11.1 Å². The number of rotatable bonds is 5. The van der Waals surface area contributed by atoms with Crippen molar-refractivity contribution in [2.75, 3.05) is 0 Å². The molecular weight excluding hydrogens is 363 g/mol. The molecule has 0 aliphatic carbocycles. The normalized spacial score (nSPS) is 11.9. The maximum absolute atomic E-state index is 13.0. The third-order valence-corrected chi connectivity index (χ3v) is 4.04. The molecule has 7 nitrogen and oxygen atoms in total. The lowest BCUT2D eigenvalue weighted by Gasteiger charge is -2.10. The van der Waals surface area contributed by atoms with Gasteiger partial charge >= 0.3 is 5.97 Å². The molecule has 0 bridgehead atoms. The van der Waals surface area contributed by atoms with Gasteiger partial charge in [0.1, 0.15) is 5.82 Å². The zero-order chi connectivity index (χ0) is 19.5. The molecule has 28 heavy (non-hydrogen) atoms. The number of benzene rings is 2. The fraction of sp³-hybridized carbons (Fsp3) is 0.100. The molecule has 0 aliphatic rings. The Labute approximate surface area is 159 Å². The first kappa shape index (κ1) is 17.6. The summed E-state index contributed by atoms with van der Waals surface area (Å²) in [5.74, 6) is -0.493. The van der Waals surface area contributed by atoms with Crippen LogP contribution < -0.4 is 0 Å². The Morgan fingerprint density at radius 3 is 2.54 bits per heavy atom. The smallest absolute Gasteiger partial charge is 0.338 e. The average Bonchev–Trinajstić information content (AvgIpc) is 3.41. The minimum Gasteiger partial charge on any atom is -0.449 e. The predicted octanol–water partition coefficient (Wildman–Crippen LogP) is 3.98. The number of esters is 1. The monoisotopic (exact) mass is 378 g/mol. The molecule has 1 atom stereocenters. The van der Waals surface area contributed by atoms with Crippen molar-refractivity contribution < 1.29 is 18.3 Å². The minimum atomic E-state index is -0.736. The summed E-state index contributed by atoms with van der Waals surface area (Å²) in [6, 6.07) is 14.3. The molecule has 4 aromatic rings. The van der Waals surface area contributed by atoms with Crippen molar-refractivity contribution in [3.05, 3.63) is 84.3 Å². The molecule has 2 aromatic heterocycles. The molecule has 2 aromatic carbocycles. The summed E-state index contributed by atoms with van der Waals surface area (Å²) in [5.41, 5.74) is 1.80. The third kappa shape index (κ3) is 3.66. The van der Waals surface area contributed by atoms with Gasteiger partial charge in [0, 0.05) is 18.0 Å². The van der Waals surface area contributed by atoms with E-state index in [2.05, 4.69) is 15.3 Å². The van der Waals surface area contributed by atoms with Crippen LogP contribution in [0.4, 0.5) is 4.39 Å². The molecule has 8 heteroatoms. The van der Waals surface area contributed by atoms with Crippen molar-refractivity contribution in [1.82, 2.24) is 20.0 Å². The molecular formula is C20H15FN4O3. The van der Waals surface area contributed by atoms with E-state index >= 15 is 0 Å². The van der Waals surface area contributed by atoms with Gasteiger partial charge in [-0.25, -0.2) is 13.9 Å². The van der Waals surface area contributed by atoms with Crippen LogP contribution in [0.5, 0.6) is 0 Å². The summed E-state index contributed by atoms with van der Waals surface area (Å²) in [4.78, 5) is 12.4. The van der Waals surface area contributed by atoms with Crippen LogP contribution in [0.15, 0.2) is 71.4 Å². The van der Waals surface area contributed by atoms with Gasteiger partial charge in [0.05, 0.1) is 11.3 Å². The van der Waals surface area contributed by atoms with Crippen LogP contribution in [0, 0.1) is 5.82 Å². The Hall–Kier alpha value is -3.81. The van der Waals surface area contributed by atoms with Crippen LogP contribution in [0.3, 0.4) is 0 Å². The highest BCUT2D eigenvalue weighted by atomic mass is 19.1. The van der Waals surface area contributed by atoms with Crippen LogP contribution >= 0.6 is 0 Å². The molecule has 0 amide bonds. The second kappa shape index (κ2) is 7.43. The first-order chi connectivity index (χ1) is 13.6. The number of nitrogens with zero attached hydrogens (tertiary/aromatic N) is 4. The van der Waals surface area contributed by atoms with Crippen molar-refractivity contribution in [1.29, 1.82) is 0 Å². The first-order valence-electron chi connectivity index (χ1n) is 8.50. The molecule has 2 heterocycles. The van der Waals surface area contributed by atoms with Gasteiger partial charge in [-0.1, -0.05) is 0 Å². The fourth-order valence-corrected chi connectivity index (χ4v) is 2.56. The Bertz CT molecular complexity index is 1070. The van der Waals surface area contributed by atoms with Gasteiger partial charge in [-0.15, -0.1) is 10.2 Å². The first-order valence-corrected chi connectivity index (χ1v) is 8.50. The summed E-state index contributed by atoms with van der Waals surface area (Å²) in [5, 5.41) is 12.0. The summed E-state index contributed by atoms with van der Waals surface area (Å²) < 4.78 is 25.7. The van der Waals surface area contributed by atoms with Gasteiger partial charge in [-0.05, 0) is 61.5 Å². The molecule has 0 N–H and O–H groups in total. The van der Waals surface area contributed by atoms with Crippen LogP contribution in [-0.4, -0.2) is 25.9 Å². The zero-order valence-corrected chi connectivity index (χ0v) is 14.8. The largest absolute Gasteiger partial charge is 0.449 e. The minimum absolute atomic E-state index is 0.154. The van der Waals surface area contributed by atoms with Gasteiger partial charge in [0.25, 0.3) is 5.89 Å². The van der Waals surface area contributed by atoms with Gasteiger partial charge < -0.3 is 9.15 Å². The number of carbonyl (C=O) groups is 1. The third-order valence-electron chi connectivity index (χ3n) is 4.04. The lowest BCUT2D eigenvalue weighted by Crippen LogP contribution is -2.09. The molecule has 0 radical (unpaired) electrons. The van der Waals surface area contributed by atoms with Crippen molar-refractivity contribution in [2.24, 2.45) is 0 Å². The molecule has 0 spiro atoms. The standard InChI is InChI=1S/C20H15FN4O3/c1-13(18-23-24-19(28-18)14-3-7-16(21)8-4-14)27-20(26)15-5-9-17(10-6-15)25-12-2-11-22-25/h2-13H,1H3/t13-/m0/s1. The molecule has 0 unspecified atom stereocenters. The number of hydrogen-bond donors (Lipinski definition) is 0. The van der Waals surface area contributed by atoms with E-state index in [9.17, 15) is 9.18 Å². The van der Waals surface area contributed by atoms with Crippen molar-refractivity contribution >= 4 is 5.97 Å². The topological polar surface area (TPSA) is 83.0 Å². The van der Waals surface area contributed by atoms with E-state index in [-0.39, 0.29) is 17.6 Å². The highest BCUT2D eigenvalue weighted by molar-refractivity contribution is 5.89. The number of aromatic nitrogens is 4. The lowest BCUT2D eigenvalue weighted by molar-refractivity contribution is 0.0280. The maximum atomic E-state index is 13.0. The second-order valence-electron chi connectivity index (χ2n) is 6.00. The van der Waals surface area contributed by atoms with E-state index in [4.69, 9.17) is 9.15 Å². The molecule has 0 saturated heterocycles.